The molecule has 2 aliphatic heterocycles. The molecule has 0 saturated carbocycles. The highest BCUT2D eigenvalue weighted by Gasteiger charge is 2.16. The van der Waals surface area contributed by atoms with Crippen LogP contribution in [0.5, 0.6) is 0 Å². The molecule has 87 valence electrons. The van der Waals surface area contributed by atoms with Gasteiger partial charge in [-0.05, 0) is 34.8 Å². The average Bonchev–Trinajstić information content (AvgIpc) is 2.38. The quantitative estimate of drug-likeness (QED) is 0.715. The Hall–Kier alpha value is -1.54. The highest BCUT2D eigenvalue weighted by molar-refractivity contribution is 5.56. The van der Waals surface area contributed by atoms with Gasteiger partial charge >= 0.3 is 0 Å². The van der Waals surface area contributed by atoms with Crippen molar-refractivity contribution >= 4 is 0 Å². The van der Waals surface area contributed by atoms with Crippen molar-refractivity contribution in [2.45, 2.75) is 6.92 Å². The topological polar surface area (TPSA) is 24.1 Å². The average molecular weight is 225 g/mol. The van der Waals surface area contributed by atoms with E-state index >= 15 is 0 Å². The fourth-order valence-electron chi connectivity index (χ4n) is 2.40. The second kappa shape index (κ2) is 4.38. The molecule has 0 fully saturated rings. The Bertz CT molecular complexity index is 475. The lowest BCUT2D eigenvalue weighted by Gasteiger charge is -2.24. The van der Waals surface area contributed by atoms with E-state index in [2.05, 4.69) is 60.6 Å². The van der Waals surface area contributed by atoms with E-state index in [1.807, 2.05) is 0 Å². The van der Waals surface area contributed by atoms with Crippen molar-refractivity contribution in [2.75, 3.05) is 13.1 Å². The van der Waals surface area contributed by atoms with E-state index in [4.69, 9.17) is 0 Å². The van der Waals surface area contributed by atoms with Crippen LogP contribution >= 0.6 is 0 Å². The molecule has 0 aromatic heterocycles. The summed E-state index contributed by atoms with van der Waals surface area (Å²) in [4.78, 5) is 0. The summed E-state index contributed by atoms with van der Waals surface area (Å²) in [5.74, 6) is 0.616. The first-order chi connectivity index (χ1) is 8.33. The molecule has 1 aliphatic carbocycles. The molecule has 0 aromatic carbocycles. The molecule has 0 bridgehead atoms. The highest BCUT2D eigenvalue weighted by Crippen LogP contribution is 2.26. The first kappa shape index (κ1) is 10.6. The lowest BCUT2D eigenvalue weighted by atomic mass is 9.92. The second-order valence-corrected chi connectivity index (χ2v) is 4.78. The Balaban J connectivity index is 1.87. The van der Waals surface area contributed by atoms with Gasteiger partial charge in [0.15, 0.2) is 0 Å². The van der Waals surface area contributed by atoms with Crippen LogP contribution in [0.1, 0.15) is 6.92 Å². The van der Waals surface area contributed by atoms with Crippen LogP contribution in [0.25, 0.3) is 0 Å². The molecule has 2 heteroatoms. The van der Waals surface area contributed by atoms with Gasteiger partial charge in [0.05, 0.1) is 0 Å². The van der Waals surface area contributed by atoms with E-state index in [1.165, 1.54) is 22.4 Å². The van der Waals surface area contributed by atoms with E-state index < -0.39 is 0 Å². The van der Waals surface area contributed by atoms with E-state index in [0.717, 1.165) is 13.1 Å². The molecule has 1 radical (unpaired) electrons. The van der Waals surface area contributed by atoms with Gasteiger partial charge in [0.2, 0.25) is 0 Å². The van der Waals surface area contributed by atoms with Crippen molar-refractivity contribution in [3.63, 3.8) is 0 Å². The van der Waals surface area contributed by atoms with E-state index in [0.29, 0.717) is 5.92 Å². The summed E-state index contributed by atoms with van der Waals surface area (Å²) >= 11 is 0. The van der Waals surface area contributed by atoms with E-state index in [9.17, 15) is 0 Å². The summed E-state index contributed by atoms with van der Waals surface area (Å²) in [5.41, 5.74) is 5.14. The first-order valence-electron chi connectivity index (χ1n) is 6.15. The minimum absolute atomic E-state index is 0.616. The number of allylic oxidation sites excluding steroid dienone is 5. The third kappa shape index (κ3) is 2.13. The number of dihydropyridines is 1. The predicted molar refractivity (Wildman–Crippen MR) is 70.9 cm³/mol. The van der Waals surface area contributed by atoms with Crippen LogP contribution in [0.3, 0.4) is 0 Å². The first-order valence-corrected chi connectivity index (χ1v) is 6.15. The van der Waals surface area contributed by atoms with Crippen LogP contribution in [0, 0.1) is 12.3 Å². The van der Waals surface area contributed by atoms with Crippen molar-refractivity contribution in [2.24, 2.45) is 5.92 Å². The summed E-state index contributed by atoms with van der Waals surface area (Å²) in [6.45, 7) is 4.30. The number of fused-ring (bicyclic) bond motifs is 1. The van der Waals surface area contributed by atoms with Crippen LogP contribution in [-0.4, -0.2) is 13.1 Å². The summed E-state index contributed by atoms with van der Waals surface area (Å²) < 4.78 is 0. The maximum Gasteiger partial charge on any atom is 0.0418 e. The Morgan fingerprint density at radius 1 is 1.24 bits per heavy atom. The molecule has 3 aliphatic rings. The van der Waals surface area contributed by atoms with Gasteiger partial charge in [-0.2, -0.15) is 0 Å². The van der Waals surface area contributed by atoms with E-state index in [-0.39, 0.29) is 0 Å². The lowest BCUT2D eigenvalue weighted by Crippen LogP contribution is -2.29. The second-order valence-electron chi connectivity index (χ2n) is 4.78. The van der Waals surface area contributed by atoms with Crippen molar-refractivity contribution in [1.29, 1.82) is 0 Å². The minimum atomic E-state index is 0.616. The third-order valence-corrected chi connectivity index (χ3v) is 3.29. The molecule has 0 saturated heterocycles. The Labute approximate surface area is 102 Å². The summed E-state index contributed by atoms with van der Waals surface area (Å²) in [6.07, 6.45) is 15.1. The largest absolute Gasteiger partial charge is 0.361 e. The summed E-state index contributed by atoms with van der Waals surface area (Å²) in [7, 11) is 0. The molecule has 0 spiro atoms. The molecule has 17 heavy (non-hydrogen) atoms. The van der Waals surface area contributed by atoms with Gasteiger partial charge in [0.1, 0.15) is 0 Å². The van der Waals surface area contributed by atoms with Crippen LogP contribution in [-0.2, 0) is 0 Å². The molecule has 0 amide bonds. The molecule has 1 atom stereocenters. The molecular weight excluding hydrogens is 208 g/mol. The molecular formula is C15H17N2. The fourth-order valence-corrected chi connectivity index (χ4v) is 2.40. The van der Waals surface area contributed by atoms with Crippen LogP contribution < -0.4 is 10.6 Å². The molecule has 0 unspecified atom stereocenters. The van der Waals surface area contributed by atoms with Gasteiger partial charge in [-0.1, -0.05) is 25.2 Å². The third-order valence-electron chi connectivity index (χ3n) is 3.29. The van der Waals surface area contributed by atoms with Crippen molar-refractivity contribution in [3.05, 3.63) is 65.4 Å². The van der Waals surface area contributed by atoms with Gasteiger partial charge in [-0.3, -0.25) is 0 Å². The van der Waals surface area contributed by atoms with Crippen molar-refractivity contribution in [1.82, 2.24) is 10.6 Å². The number of hydrogen-bond donors (Lipinski definition) is 2. The van der Waals surface area contributed by atoms with Gasteiger partial charge in [-0.15, -0.1) is 0 Å². The number of rotatable bonds is 1. The maximum atomic E-state index is 3.45. The molecule has 0 aromatic rings. The van der Waals surface area contributed by atoms with Crippen LogP contribution in [0.15, 0.2) is 59.0 Å². The lowest BCUT2D eigenvalue weighted by molar-refractivity contribution is 0.586. The molecule has 2 N–H and O–H groups in total. The fraction of sp³-hybridized carbons (Fsp3) is 0.267. The van der Waals surface area contributed by atoms with Crippen molar-refractivity contribution in [3.8, 4) is 0 Å². The Morgan fingerprint density at radius 3 is 3.06 bits per heavy atom. The predicted octanol–water partition coefficient (Wildman–Crippen LogP) is 2.22. The minimum Gasteiger partial charge on any atom is -0.361 e. The van der Waals surface area contributed by atoms with Gasteiger partial charge in [0.25, 0.3) is 0 Å². The zero-order valence-electron chi connectivity index (χ0n) is 10.0. The number of hydrogen-bond acceptors (Lipinski definition) is 2. The number of nitrogens with one attached hydrogen (secondary N) is 2. The van der Waals surface area contributed by atoms with Crippen LogP contribution in [0.4, 0.5) is 0 Å². The normalized spacial score (nSPS) is 27.2. The van der Waals surface area contributed by atoms with Gasteiger partial charge < -0.3 is 10.6 Å². The maximum absolute atomic E-state index is 3.45. The summed E-state index contributed by atoms with van der Waals surface area (Å²) in [6, 6.07) is 0. The SMILES string of the molecule is C[C@@H]1C=C(C2=CNC3=CC=C[CH]C3=C2)CNC1. The molecule has 2 nitrogen and oxygen atoms in total. The molecule has 3 rings (SSSR count). The summed E-state index contributed by atoms with van der Waals surface area (Å²) in [5, 5.41) is 6.81. The zero-order valence-corrected chi connectivity index (χ0v) is 10.0. The monoisotopic (exact) mass is 225 g/mol. The Morgan fingerprint density at radius 2 is 2.18 bits per heavy atom. The highest BCUT2D eigenvalue weighted by atomic mass is 14.9. The van der Waals surface area contributed by atoms with Gasteiger partial charge in [0, 0.05) is 31.4 Å². The Kier molecular flexibility index (Phi) is 2.73. The van der Waals surface area contributed by atoms with Crippen molar-refractivity contribution < 1.29 is 0 Å². The van der Waals surface area contributed by atoms with Gasteiger partial charge in [-0.25, -0.2) is 0 Å². The zero-order chi connectivity index (χ0) is 11.7. The van der Waals surface area contributed by atoms with E-state index in [1.54, 1.807) is 0 Å². The molecule has 2 heterocycles. The standard InChI is InChI=1S/C15H17N2/c1-11-6-13(9-16-8-11)14-7-12-4-2-3-5-15(12)17-10-14/h2-7,10-11,16-17H,8-9H2,1H3/t11-/m1/s1. The van der Waals surface area contributed by atoms with Crippen LogP contribution in [0.2, 0.25) is 0 Å². The smallest absolute Gasteiger partial charge is 0.0418 e.